The summed E-state index contributed by atoms with van der Waals surface area (Å²) in [5, 5.41) is 8.83. The first-order chi connectivity index (χ1) is 13.3. The number of anilines is 3. The number of fused-ring (bicyclic) bond motifs is 1. The van der Waals surface area contributed by atoms with Crippen LogP contribution in [0, 0.1) is 5.92 Å². The molecule has 2 aromatic carbocycles. The van der Waals surface area contributed by atoms with Gasteiger partial charge in [-0.05, 0) is 42.3 Å². The first kappa shape index (κ1) is 19.4. The van der Waals surface area contributed by atoms with Crippen molar-refractivity contribution in [3.63, 3.8) is 0 Å². The molecule has 2 aromatic rings. The monoisotopic (exact) mass is 380 g/mol. The molecule has 0 aromatic heterocycles. The first-order valence-electron chi connectivity index (χ1n) is 9.19. The van der Waals surface area contributed by atoms with Crippen LogP contribution in [0.1, 0.15) is 31.1 Å². The van der Waals surface area contributed by atoms with Crippen LogP contribution in [-0.2, 0) is 9.59 Å². The molecule has 1 aliphatic heterocycles. The highest BCUT2D eigenvalue weighted by Gasteiger charge is 2.34. The normalized spacial score (nSPS) is 15.6. The van der Waals surface area contributed by atoms with Crippen LogP contribution in [0.15, 0.2) is 48.5 Å². The topological polar surface area (TPSA) is 90.5 Å². The molecule has 0 spiro atoms. The van der Waals surface area contributed by atoms with Gasteiger partial charge in [-0.15, -0.1) is 0 Å². The largest absolute Gasteiger partial charge is 0.364 e. The lowest BCUT2D eigenvalue weighted by Gasteiger charge is -2.39. The van der Waals surface area contributed by atoms with E-state index in [1.807, 2.05) is 32.0 Å². The SMILES string of the molecule is CC(=O)Nc1ccc(NC(=O)CN2C(=O)c3ccccc3N[C@@H]2C(C)C)cc1. The molecular formula is C21H24N4O3. The van der Waals surface area contributed by atoms with Crippen LogP contribution in [0.2, 0.25) is 0 Å². The lowest BCUT2D eigenvalue weighted by atomic mass is 10.0. The second kappa shape index (κ2) is 8.12. The van der Waals surface area contributed by atoms with E-state index in [9.17, 15) is 14.4 Å². The van der Waals surface area contributed by atoms with Gasteiger partial charge in [-0.2, -0.15) is 0 Å². The van der Waals surface area contributed by atoms with Crippen LogP contribution in [0.25, 0.3) is 0 Å². The van der Waals surface area contributed by atoms with Crippen LogP contribution in [0.5, 0.6) is 0 Å². The minimum absolute atomic E-state index is 0.0591. The average molecular weight is 380 g/mol. The fraction of sp³-hybridized carbons (Fsp3) is 0.286. The summed E-state index contributed by atoms with van der Waals surface area (Å²) in [4.78, 5) is 38.1. The van der Waals surface area contributed by atoms with E-state index >= 15 is 0 Å². The Morgan fingerprint density at radius 3 is 2.25 bits per heavy atom. The third kappa shape index (κ3) is 4.31. The van der Waals surface area contributed by atoms with E-state index in [1.54, 1.807) is 35.2 Å². The maximum atomic E-state index is 12.9. The molecule has 1 heterocycles. The van der Waals surface area contributed by atoms with Crippen molar-refractivity contribution in [1.29, 1.82) is 0 Å². The number of nitrogens with zero attached hydrogens (tertiary/aromatic N) is 1. The van der Waals surface area contributed by atoms with Gasteiger partial charge in [-0.3, -0.25) is 14.4 Å². The van der Waals surface area contributed by atoms with E-state index < -0.39 is 0 Å². The van der Waals surface area contributed by atoms with Crippen molar-refractivity contribution >= 4 is 34.8 Å². The summed E-state index contributed by atoms with van der Waals surface area (Å²) in [7, 11) is 0. The Labute approximate surface area is 164 Å². The fourth-order valence-electron chi connectivity index (χ4n) is 3.21. The number of carbonyl (C=O) groups excluding carboxylic acids is 3. The van der Waals surface area contributed by atoms with Gasteiger partial charge in [0.25, 0.3) is 5.91 Å². The number of nitrogens with one attached hydrogen (secondary N) is 3. The van der Waals surface area contributed by atoms with Crippen LogP contribution >= 0.6 is 0 Å². The zero-order valence-corrected chi connectivity index (χ0v) is 16.2. The Kier molecular flexibility index (Phi) is 5.63. The van der Waals surface area contributed by atoms with E-state index in [1.165, 1.54) is 6.92 Å². The van der Waals surface area contributed by atoms with Gasteiger partial charge >= 0.3 is 0 Å². The highest BCUT2D eigenvalue weighted by molar-refractivity contribution is 6.04. The highest BCUT2D eigenvalue weighted by Crippen LogP contribution is 2.28. The van der Waals surface area contributed by atoms with Crippen LogP contribution in [0.3, 0.4) is 0 Å². The zero-order valence-electron chi connectivity index (χ0n) is 16.2. The van der Waals surface area contributed by atoms with Gasteiger partial charge in [-0.1, -0.05) is 26.0 Å². The molecule has 146 valence electrons. The maximum absolute atomic E-state index is 12.9. The van der Waals surface area contributed by atoms with E-state index in [-0.39, 0.29) is 36.3 Å². The number of rotatable bonds is 5. The van der Waals surface area contributed by atoms with Gasteiger partial charge in [0, 0.05) is 24.0 Å². The molecule has 1 aliphatic rings. The van der Waals surface area contributed by atoms with Crippen molar-refractivity contribution in [2.24, 2.45) is 5.92 Å². The minimum atomic E-state index is -0.285. The van der Waals surface area contributed by atoms with Crippen molar-refractivity contribution in [3.8, 4) is 0 Å². The predicted octanol–water partition coefficient (Wildman–Crippen LogP) is 3.13. The van der Waals surface area contributed by atoms with Gasteiger partial charge in [0.15, 0.2) is 0 Å². The molecule has 0 saturated carbocycles. The molecular weight excluding hydrogens is 356 g/mol. The zero-order chi connectivity index (χ0) is 20.3. The summed E-state index contributed by atoms with van der Waals surface area (Å²) in [5.41, 5.74) is 2.60. The molecule has 1 atom stereocenters. The average Bonchev–Trinajstić information content (AvgIpc) is 2.65. The van der Waals surface area contributed by atoms with Gasteiger partial charge in [0.2, 0.25) is 11.8 Å². The summed E-state index contributed by atoms with van der Waals surface area (Å²) in [5.74, 6) is -0.480. The molecule has 0 radical (unpaired) electrons. The van der Waals surface area contributed by atoms with E-state index in [0.29, 0.717) is 16.9 Å². The quantitative estimate of drug-likeness (QED) is 0.743. The standard InChI is InChI=1S/C21H24N4O3/c1-13(2)20-24-18-7-5-4-6-17(18)21(28)25(20)12-19(27)23-16-10-8-15(9-11-16)22-14(3)26/h4-11,13,20,24H,12H2,1-3H3,(H,22,26)(H,23,27)/t20-/m0/s1. The fourth-order valence-corrected chi connectivity index (χ4v) is 3.21. The van der Waals surface area contributed by atoms with Crippen molar-refractivity contribution in [2.45, 2.75) is 26.9 Å². The second-order valence-corrected chi connectivity index (χ2v) is 7.12. The third-order valence-corrected chi connectivity index (χ3v) is 4.49. The summed E-state index contributed by atoms with van der Waals surface area (Å²) in [6.45, 7) is 5.38. The lowest BCUT2D eigenvalue weighted by Crippen LogP contribution is -2.53. The van der Waals surface area contributed by atoms with Crippen molar-refractivity contribution in [2.75, 3.05) is 22.5 Å². The number of hydrogen-bond donors (Lipinski definition) is 3. The van der Waals surface area contributed by atoms with Gasteiger partial charge in [0.1, 0.15) is 12.7 Å². The molecule has 3 amide bonds. The van der Waals surface area contributed by atoms with Crippen molar-refractivity contribution in [3.05, 3.63) is 54.1 Å². The number of para-hydroxylation sites is 1. The Balaban J connectivity index is 1.71. The van der Waals surface area contributed by atoms with Gasteiger partial charge < -0.3 is 20.9 Å². The smallest absolute Gasteiger partial charge is 0.258 e. The molecule has 0 bridgehead atoms. The molecule has 0 saturated heterocycles. The van der Waals surface area contributed by atoms with Crippen LogP contribution < -0.4 is 16.0 Å². The Bertz CT molecular complexity index is 893. The second-order valence-electron chi connectivity index (χ2n) is 7.12. The summed E-state index contributed by atoms with van der Waals surface area (Å²) in [6.07, 6.45) is -0.268. The molecule has 28 heavy (non-hydrogen) atoms. The van der Waals surface area contributed by atoms with Crippen molar-refractivity contribution < 1.29 is 14.4 Å². The number of hydrogen-bond acceptors (Lipinski definition) is 4. The number of amides is 3. The Morgan fingerprint density at radius 1 is 1.04 bits per heavy atom. The molecule has 3 rings (SSSR count). The lowest BCUT2D eigenvalue weighted by molar-refractivity contribution is -0.117. The maximum Gasteiger partial charge on any atom is 0.258 e. The molecule has 7 heteroatoms. The summed E-state index contributed by atoms with van der Waals surface area (Å²) in [6, 6.07) is 14.1. The molecule has 3 N–H and O–H groups in total. The van der Waals surface area contributed by atoms with Gasteiger partial charge in [0.05, 0.1) is 5.56 Å². The number of benzene rings is 2. The summed E-state index contributed by atoms with van der Waals surface area (Å²) >= 11 is 0. The summed E-state index contributed by atoms with van der Waals surface area (Å²) < 4.78 is 0. The van der Waals surface area contributed by atoms with E-state index in [4.69, 9.17) is 0 Å². The Morgan fingerprint density at radius 2 is 1.64 bits per heavy atom. The van der Waals surface area contributed by atoms with E-state index in [0.717, 1.165) is 5.69 Å². The van der Waals surface area contributed by atoms with Gasteiger partial charge in [-0.25, -0.2) is 0 Å². The van der Waals surface area contributed by atoms with Crippen LogP contribution in [-0.4, -0.2) is 35.3 Å². The minimum Gasteiger partial charge on any atom is -0.364 e. The first-order valence-corrected chi connectivity index (χ1v) is 9.19. The molecule has 0 aliphatic carbocycles. The highest BCUT2D eigenvalue weighted by atomic mass is 16.2. The van der Waals surface area contributed by atoms with Crippen molar-refractivity contribution in [1.82, 2.24) is 4.90 Å². The molecule has 0 unspecified atom stereocenters. The van der Waals surface area contributed by atoms with E-state index in [2.05, 4.69) is 16.0 Å². The third-order valence-electron chi connectivity index (χ3n) is 4.49. The van der Waals surface area contributed by atoms with Crippen LogP contribution in [0.4, 0.5) is 17.1 Å². The predicted molar refractivity (Wildman–Crippen MR) is 109 cm³/mol. The Hall–Kier alpha value is -3.35. The molecule has 0 fully saturated rings. The molecule has 7 nitrogen and oxygen atoms in total. The number of carbonyl (C=O) groups is 3.